The van der Waals surface area contributed by atoms with Crippen molar-refractivity contribution in [3.8, 4) is 40.3 Å². The maximum Gasteiger partial charge on any atom is 0.262 e. The molecule has 6 aromatic rings. The Morgan fingerprint density at radius 3 is 2.49 bits per heavy atom. The van der Waals surface area contributed by atoms with E-state index in [-0.39, 0.29) is 43.2 Å². The van der Waals surface area contributed by atoms with Crippen molar-refractivity contribution in [2.75, 3.05) is 19.8 Å². The summed E-state index contributed by atoms with van der Waals surface area (Å²) in [4.78, 5) is 52.9. The third-order valence-corrected chi connectivity index (χ3v) is 11.0. The standard InChI is InChI=1S/C46H40N6O7/c1-27-19-31(5-4-16-56-17-18-57-32-9-11-36-37(23-32)46(55)52(45(36)54)40-12-6-28(2)50-44(40)53)48-26-42(27)58-33-21-34(22-33)59-43-13-8-30(24-49-43)29-7-10-35-38-25-47-15-14-39(38)51(3)41(35)20-29/h7-11,13-15,19-20,23-26,33-34,40H,2,6,12,16-18,21-22H2,1,3H3,(H,50,53). The Hall–Kier alpha value is -7.04. The number of aromatic nitrogens is 4. The Bertz CT molecular complexity index is 2730. The lowest BCUT2D eigenvalue weighted by atomic mass is 9.92. The van der Waals surface area contributed by atoms with Gasteiger partial charge in [-0.05, 0) is 79.3 Å². The highest BCUT2D eigenvalue weighted by Crippen LogP contribution is 2.34. The fourth-order valence-corrected chi connectivity index (χ4v) is 7.74. The topological polar surface area (TPSA) is 147 Å². The number of fused-ring (bicyclic) bond motifs is 4. The van der Waals surface area contributed by atoms with E-state index in [2.05, 4.69) is 68.5 Å². The maximum absolute atomic E-state index is 13.1. The number of nitrogens with one attached hydrogen (secondary N) is 1. The van der Waals surface area contributed by atoms with Gasteiger partial charge in [0.15, 0.2) is 0 Å². The second kappa shape index (κ2) is 15.7. The summed E-state index contributed by atoms with van der Waals surface area (Å²) >= 11 is 0. The number of pyridine rings is 3. The second-order valence-electron chi connectivity index (χ2n) is 14.9. The van der Waals surface area contributed by atoms with E-state index in [9.17, 15) is 14.4 Å². The number of nitrogens with zero attached hydrogens (tertiary/aromatic N) is 5. The maximum atomic E-state index is 13.1. The van der Waals surface area contributed by atoms with E-state index in [1.54, 1.807) is 18.3 Å². The first-order valence-electron chi connectivity index (χ1n) is 19.5. The highest BCUT2D eigenvalue weighted by atomic mass is 16.5. The van der Waals surface area contributed by atoms with E-state index in [1.807, 2.05) is 49.8 Å². The summed E-state index contributed by atoms with van der Waals surface area (Å²) in [5, 5.41) is 4.95. The number of imide groups is 1. The number of amides is 3. The van der Waals surface area contributed by atoms with E-state index in [1.165, 1.54) is 11.5 Å². The highest BCUT2D eigenvalue weighted by Gasteiger charge is 2.44. The normalized spacial score (nSPS) is 18.6. The van der Waals surface area contributed by atoms with Gasteiger partial charge in [-0.1, -0.05) is 24.6 Å². The number of rotatable bonds is 11. The van der Waals surface area contributed by atoms with Gasteiger partial charge >= 0.3 is 0 Å². The summed E-state index contributed by atoms with van der Waals surface area (Å²) in [5.74, 6) is 6.31. The van der Waals surface area contributed by atoms with E-state index in [4.69, 9.17) is 18.9 Å². The van der Waals surface area contributed by atoms with Crippen molar-refractivity contribution < 1.29 is 33.3 Å². The van der Waals surface area contributed by atoms with Crippen LogP contribution in [-0.4, -0.2) is 80.2 Å². The molecule has 59 heavy (non-hydrogen) atoms. The van der Waals surface area contributed by atoms with Gasteiger partial charge in [0, 0.05) is 72.1 Å². The highest BCUT2D eigenvalue weighted by molar-refractivity contribution is 6.23. The van der Waals surface area contributed by atoms with Gasteiger partial charge in [0.25, 0.3) is 11.8 Å². The summed E-state index contributed by atoms with van der Waals surface area (Å²) < 4.78 is 25.9. The van der Waals surface area contributed by atoms with Crippen molar-refractivity contribution >= 4 is 39.5 Å². The molecular formula is C46H40N6O7. The molecule has 13 nitrogen and oxygen atoms in total. The fraction of sp³-hybridized carbons (Fsp3) is 0.261. The molecule has 2 aliphatic heterocycles. The van der Waals surface area contributed by atoms with Crippen LogP contribution in [0, 0.1) is 18.8 Å². The lowest BCUT2D eigenvalue weighted by Crippen LogP contribution is -2.51. The molecule has 4 aromatic heterocycles. The van der Waals surface area contributed by atoms with Gasteiger partial charge < -0.3 is 28.8 Å². The Labute approximate surface area is 340 Å². The van der Waals surface area contributed by atoms with Gasteiger partial charge in [-0.25, -0.2) is 9.97 Å². The zero-order chi connectivity index (χ0) is 40.6. The average molecular weight is 789 g/mol. The van der Waals surface area contributed by atoms with Crippen LogP contribution in [-0.2, 0) is 16.6 Å². The van der Waals surface area contributed by atoms with Crippen LogP contribution in [0.2, 0.25) is 0 Å². The number of aryl methyl sites for hydroxylation is 2. The Kier molecular flexibility index (Phi) is 10.00. The lowest BCUT2D eigenvalue weighted by Gasteiger charge is -2.35. The zero-order valence-electron chi connectivity index (χ0n) is 32.6. The lowest BCUT2D eigenvalue weighted by molar-refractivity contribution is -0.125. The minimum Gasteiger partial charge on any atom is -0.491 e. The number of hydrogen-bond donors (Lipinski definition) is 1. The summed E-state index contributed by atoms with van der Waals surface area (Å²) in [6.07, 6.45) is 9.67. The molecule has 3 amide bonds. The third-order valence-electron chi connectivity index (χ3n) is 11.0. The van der Waals surface area contributed by atoms with Gasteiger partial charge in [-0.2, -0.15) is 0 Å². The molecule has 9 rings (SSSR count). The van der Waals surface area contributed by atoms with E-state index < -0.39 is 23.8 Å². The monoisotopic (exact) mass is 788 g/mol. The molecule has 296 valence electrons. The smallest absolute Gasteiger partial charge is 0.262 e. The molecule has 0 radical (unpaired) electrons. The predicted octanol–water partition coefficient (Wildman–Crippen LogP) is 6.32. The Balaban J connectivity index is 0.697. The van der Waals surface area contributed by atoms with Crippen LogP contribution >= 0.6 is 0 Å². The molecule has 1 N–H and O–H groups in total. The predicted molar refractivity (Wildman–Crippen MR) is 219 cm³/mol. The largest absolute Gasteiger partial charge is 0.491 e. The number of carbonyl (C=O) groups excluding carboxylic acids is 3. The molecule has 13 heteroatoms. The minimum absolute atomic E-state index is 0.0236. The average Bonchev–Trinajstić information content (AvgIpc) is 3.65. The third kappa shape index (κ3) is 7.46. The van der Waals surface area contributed by atoms with Gasteiger partial charge in [-0.15, -0.1) is 0 Å². The first kappa shape index (κ1) is 37.5. The van der Waals surface area contributed by atoms with Crippen LogP contribution in [0.1, 0.15) is 57.7 Å². The molecule has 1 aliphatic carbocycles. The van der Waals surface area contributed by atoms with Crippen molar-refractivity contribution in [2.24, 2.45) is 7.05 Å². The van der Waals surface area contributed by atoms with Crippen LogP contribution in [0.4, 0.5) is 0 Å². The quantitative estimate of drug-likeness (QED) is 0.0900. The number of benzene rings is 2. The molecule has 3 aliphatic rings. The molecule has 0 spiro atoms. The zero-order valence-corrected chi connectivity index (χ0v) is 32.6. The molecular weight excluding hydrogens is 749 g/mol. The first-order chi connectivity index (χ1) is 28.7. The fourth-order valence-electron chi connectivity index (χ4n) is 7.74. The van der Waals surface area contributed by atoms with Gasteiger partial charge in [-0.3, -0.25) is 24.3 Å². The number of carbonyl (C=O) groups is 3. The summed E-state index contributed by atoms with van der Waals surface area (Å²) in [7, 11) is 2.08. The van der Waals surface area contributed by atoms with Crippen LogP contribution in [0.5, 0.6) is 17.4 Å². The number of hydrogen-bond acceptors (Lipinski definition) is 10. The van der Waals surface area contributed by atoms with Crippen molar-refractivity contribution in [1.29, 1.82) is 0 Å². The molecule has 1 unspecified atom stereocenters. The molecule has 0 bridgehead atoms. The molecule has 2 fully saturated rings. The van der Waals surface area contributed by atoms with Crippen molar-refractivity contribution in [3.05, 3.63) is 120 Å². The SMILES string of the molecule is C=C1CCC(N2C(=O)c3ccc(OCCOCC#Cc4cc(C)c(OC5CC(Oc6ccc(-c7ccc8c9cnccc9n(C)c8c7)cn6)C5)cn4)cc3C2=O)C(=O)N1. The number of ether oxygens (including phenoxy) is 4. The van der Waals surface area contributed by atoms with Gasteiger partial charge in [0.05, 0.1) is 29.4 Å². The van der Waals surface area contributed by atoms with Crippen molar-refractivity contribution in [1.82, 2.24) is 29.7 Å². The summed E-state index contributed by atoms with van der Waals surface area (Å²) in [5.41, 5.74) is 6.99. The summed E-state index contributed by atoms with van der Waals surface area (Å²) in [6.45, 7) is 6.36. The van der Waals surface area contributed by atoms with Crippen molar-refractivity contribution in [3.63, 3.8) is 0 Å². The Morgan fingerprint density at radius 2 is 1.68 bits per heavy atom. The van der Waals surface area contributed by atoms with Crippen molar-refractivity contribution in [2.45, 2.75) is 50.9 Å². The van der Waals surface area contributed by atoms with E-state index in [0.29, 0.717) is 41.6 Å². The van der Waals surface area contributed by atoms with Gasteiger partial charge in [0.1, 0.15) is 48.7 Å². The van der Waals surface area contributed by atoms with Crippen LogP contribution < -0.4 is 19.5 Å². The number of allylic oxidation sites excluding steroid dienone is 1. The Morgan fingerprint density at radius 1 is 0.847 bits per heavy atom. The minimum atomic E-state index is -0.864. The molecule has 2 aromatic carbocycles. The number of piperidine rings is 1. The molecule has 1 saturated carbocycles. The van der Waals surface area contributed by atoms with Gasteiger partial charge in [0.2, 0.25) is 11.8 Å². The van der Waals surface area contributed by atoms with Crippen LogP contribution in [0.15, 0.2) is 97.7 Å². The van der Waals surface area contributed by atoms with Crippen LogP contribution in [0.25, 0.3) is 32.9 Å². The molecule has 1 atom stereocenters. The van der Waals surface area contributed by atoms with Crippen LogP contribution in [0.3, 0.4) is 0 Å². The van der Waals surface area contributed by atoms with E-state index in [0.717, 1.165) is 50.9 Å². The first-order valence-corrected chi connectivity index (χ1v) is 19.5. The molecule has 6 heterocycles. The van der Waals surface area contributed by atoms with E-state index >= 15 is 0 Å². The summed E-state index contributed by atoms with van der Waals surface area (Å²) in [6, 6.07) is 18.2. The second-order valence-corrected chi connectivity index (χ2v) is 14.9. The molecule has 1 saturated heterocycles.